The first-order chi connectivity index (χ1) is 5.65. The van der Waals surface area contributed by atoms with Gasteiger partial charge in [-0.05, 0) is 19.1 Å². The van der Waals surface area contributed by atoms with Crippen LogP contribution in [0.5, 0.6) is 0 Å². The molecule has 0 aliphatic rings. The van der Waals surface area contributed by atoms with Gasteiger partial charge in [0.15, 0.2) is 0 Å². The molecule has 1 N–H and O–H groups in total. The number of hydrogen-bond donors (Lipinski definition) is 1. The van der Waals surface area contributed by atoms with Crippen molar-refractivity contribution in [2.45, 2.75) is 13.0 Å². The van der Waals surface area contributed by atoms with Crippen molar-refractivity contribution < 1.29 is 5.11 Å². The first-order valence-electron chi connectivity index (χ1n) is 3.48. The zero-order chi connectivity index (χ0) is 9.14. The second-order valence-electron chi connectivity index (χ2n) is 2.50. The second-order valence-corrected chi connectivity index (χ2v) is 4.25. The van der Waals surface area contributed by atoms with Gasteiger partial charge in [0, 0.05) is 4.88 Å². The number of nitriles is 1. The normalized spacial score (nSPS) is 15.2. The number of aliphatic hydroxyl groups is 1. The maximum atomic E-state index is 9.53. The highest BCUT2D eigenvalue weighted by atomic mass is 35.5. The Balaban J connectivity index is 2.79. The van der Waals surface area contributed by atoms with Gasteiger partial charge < -0.3 is 5.11 Å². The van der Waals surface area contributed by atoms with Crippen molar-refractivity contribution in [1.29, 1.82) is 5.26 Å². The summed E-state index contributed by atoms with van der Waals surface area (Å²) in [4.78, 5) is 0.744. The van der Waals surface area contributed by atoms with Gasteiger partial charge in [0.2, 0.25) is 0 Å². The predicted octanol–water partition coefficient (Wildman–Crippen LogP) is 2.59. The van der Waals surface area contributed by atoms with E-state index in [4.69, 9.17) is 16.9 Å². The minimum Gasteiger partial charge on any atom is -0.386 e. The van der Waals surface area contributed by atoms with Crippen LogP contribution in [0.2, 0.25) is 4.34 Å². The number of nitrogens with zero attached hydrogens (tertiary/aromatic N) is 1. The second kappa shape index (κ2) is 3.90. The van der Waals surface area contributed by atoms with Gasteiger partial charge in [-0.3, -0.25) is 0 Å². The van der Waals surface area contributed by atoms with Gasteiger partial charge in [0.25, 0.3) is 0 Å². The van der Waals surface area contributed by atoms with E-state index in [-0.39, 0.29) is 5.92 Å². The lowest BCUT2D eigenvalue weighted by Gasteiger charge is -2.08. The quantitative estimate of drug-likeness (QED) is 0.800. The molecule has 0 bridgehead atoms. The number of aliphatic hydroxyl groups excluding tert-OH is 1. The van der Waals surface area contributed by atoms with E-state index in [1.54, 1.807) is 19.1 Å². The summed E-state index contributed by atoms with van der Waals surface area (Å²) in [5.41, 5.74) is 0. The third kappa shape index (κ3) is 1.98. The Morgan fingerprint density at radius 3 is 2.75 bits per heavy atom. The average Bonchev–Trinajstić information content (AvgIpc) is 2.49. The molecule has 0 spiro atoms. The molecule has 0 aliphatic carbocycles. The maximum Gasteiger partial charge on any atom is 0.104 e. The lowest BCUT2D eigenvalue weighted by molar-refractivity contribution is 0.146. The molecule has 0 aliphatic heterocycles. The highest BCUT2D eigenvalue weighted by Gasteiger charge is 2.17. The van der Waals surface area contributed by atoms with Gasteiger partial charge in [0.1, 0.15) is 6.10 Å². The summed E-state index contributed by atoms with van der Waals surface area (Å²) in [5.74, 6) is -0.389. The van der Waals surface area contributed by atoms with E-state index < -0.39 is 6.10 Å². The van der Waals surface area contributed by atoms with Crippen LogP contribution in [0.15, 0.2) is 12.1 Å². The number of thiophene rings is 1. The molecular formula is C8H8ClNOS. The average molecular weight is 202 g/mol. The Hall–Kier alpha value is -0.560. The highest BCUT2D eigenvalue weighted by Crippen LogP contribution is 2.30. The Morgan fingerprint density at radius 2 is 2.33 bits per heavy atom. The number of hydrogen-bond acceptors (Lipinski definition) is 3. The maximum absolute atomic E-state index is 9.53. The van der Waals surface area contributed by atoms with Crippen LogP contribution < -0.4 is 0 Å². The molecule has 4 heteroatoms. The fourth-order valence-corrected chi connectivity index (χ4v) is 1.96. The molecule has 64 valence electrons. The molecule has 2 unspecified atom stereocenters. The zero-order valence-corrected chi connectivity index (χ0v) is 8.06. The van der Waals surface area contributed by atoms with Crippen LogP contribution in [0.3, 0.4) is 0 Å². The van der Waals surface area contributed by atoms with Crippen molar-refractivity contribution in [2.24, 2.45) is 5.92 Å². The first kappa shape index (κ1) is 9.53. The van der Waals surface area contributed by atoms with Crippen LogP contribution >= 0.6 is 22.9 Å². The summed E-state index contributed by atoms with van der Waals surface area (Å²) in [6.45, 7) is 1.68. The molecule has 2 atom stereocenters. The lowest BCUT2D eigenvalue weighted by atomic mass is 10.1. The molecule has 1 heterocycles. The van der Waals surface area contributed by atoms with E-state index in [0.29, 0.717) is 4.34 Å². The van der Waals surface area contributed by atoms with Crippen molar-refractivity contribution in [3.63, 3.8) is 0 Å². The minimum atomic E-state index is -0.715. The molecule has 1 aromatic rings. The third-order valence-corrected chi connectivity index (χ3v) is 2.86. The smallest absolute Gasteiger partial charge is 0.104 e. The summed E-state index contributed by atoms with van der Waals surface area (Å²) < 4.78 is 0.634. The van der Waals surface area contributed by atoms with Gasteiger partial charge in [-0.2, -0.15) is 5.26 Å². The SMILES string of the molecule is CC(C#N)C(O)c1ccc(Cl)s1. The Labute approximate surface area is 80.0 Å². The molecule has 0 saturated heterocycles. The molecule has 0 aromatic carbocycles. The van der Waals surface area contributed by atoms with Crippen molar-refractivity contribution >= 4 is 22.9 Å². The Kier molecular flexibility index (Phi) is 3.10. The fraction of sp³-hybridized carbons (Fsp3) is 0.375. The van der Waals surface area contributed by atoms with Crippen molar-refractivity contribution in [3.8, 4) is 6.07 Å². The topological polar surface area (TPSA) is 44.0 Å². The molecule has 0 amide bonds. The van der Waals surface area contributed by atoms with Gasteiger partial charge in [-0.1, -0.05) is 11.6 Å². The Bertz CT molecular complexity index is 304. The molecule has 1 aromatic heterocycles. The van der Waals surface area contributed by atoms with Crippen LogP contribution in [0.25, 0.3) is 0 Å². The van der Waals surface area contributed by atoms with E-state index in [1.165, 1.54) is 11.3 Å². The van der Waals surface area contributed by atoms with E-state index >= 15 is 0 Å². The van der Waals surface area contributed by atoms with Gasteiger partial charge in [0.05, 0.1) is 16.3 Å². The number of rotatable bonds is 2. The molecular weight excluding hydrogens is 194 g/mol. The molecule has 1 rings (SSSR count). The zero-order valence-electron chi connectivity index (χ0n) is 6.49. The van der Waals surface area contributed by atoms with E-state index in [0.717, 1.165) is 4.88 Å². The van der Waals surface area contributed by atoms with Crippen LogP contribution in [0.1, 0.15) is 17.9 Å². The standard InChI is InChI=1S/C8H8ClNOS/c1-5(4-10)8(11)6-2-3-7(9)12-6/h2-3,5,8,11H,1H3. The predicted molar refractivity (Wildman–Crippen MR) is 49.1 cm³/mol. The van der Waals surface area contributed by atoms with Gasteiger partial charge in [-0.25, -0.2) is 0 Å². The van der Waals surface area contributed by atoms with Crippen LogP contribution in [-0.4, -0.2) is 5.11 Å². The molecule has 0 radical (unpaired) electrons. The van der Waals surface area contributed by atoms with Crippen LogP contribution in [-0.2, 0) is 0 Å². The summed E-state index contributed by atoms with van der Waals surface area (Å²) in [6, 6.07) is 5.44. The molecule has 0 fully saturated rings. The van der Waals surface area contributed by atoms with Crippen LogP contribution in [0.4, 0.5) is 0 Å². The van der Waals surface area contributed by atoms with E-state index in [2.05, 4.69) is 0 Å². The molecule has 0 saturated carbocycles. The van der Waals surface area contributed by atoms with Crippen LogP contribution in [0, 0.1) is 17.2 Å². The highest BCUT2D eigenvalue weighted by molar-refractivity contribution is 7.16. The van der Waals surface area contributed by atoms with Crippen molar-refractivity contribution in [3.05, 3.63) is 21.3 Å². The monoisotopic (exact) mass is 201 g/mol. The summed E-state index contributed by atoms with van der Waals surface area (Å²) in [5, 5.41) is 18.1. The van der Waals surface area contributed by atoms with Crippen molar-refractivity contribution in [2.75, 3.05) is 0 Å². The lowest BCUT2D eigenvalue weighted by Crippen LogP contribution is -2.04. The molecule has 2 nitrogen and oxygen atoms in total. The number of halogens is 1. The van der Waals surface area contributed by atoms with Gasteiger partial charge >= 0.3 is 0 Å². The summed E-state index contributed by atoms with van der Waals surface area (Å²) >= 11 is 6.98. The largest absolute Gasteiger partial charge is 0.386 e. The van der Waals surface area contributed by atoms with Gasteiger partial charge in [-0.15, -0.1) is 11.3 Å². The van der Waals surface area contributed by atoms with E-state index in [9.17, 15) is 5.11 Å². The fourth-order valence-electron chi connectivity index (χ4n) is 0.804. The van der Waals surface area contributed by atoms with Crippen molar-refractivity contribution in [1.82, 2.24) is 0 Å². The Morgan fingerprint density at radius 1 is 1.67 bits per heavy atom. The minimum absolute atomic E-state index is 0.389. The van der Waals surface area contributed by atoms with E-state index in [1.807, 2.05) is 6.07 Å². The first-order valence-corrected chi connectivity index (χ1v) is 4.67. The summed E-state index contributed by atoms with van der Waals surface area (Å²) in [6.07, 6.45) is -0.715. The summed E-state index contributed by atoms with van der Waals surface area (Å²) in [7, 11) is 0. The molecule has 12 heavy (non-hydrogen) atoms. The third-order valence-electron chi connectivity index (χ3n) is 1.56.